The van der Waals surface area contributed by atoms with Crippen LogP contribution in [0.15, 0.2) is 48.1 Å². The maximum absolute atomic E-state index is 13.7. The zero-order chi connectivity index (χ0) is 12.9. The Hall–Kier alpha value is -2.10. The molecule has 0 amide bonds. The van der Waals surface area contributed by atoms with Gasteiger partial charge < -0.3 is 0 Å². The number of benzene rings is 1. The van der Waals surface area contributed by atoms with Crippen LogP contribution in [-0.2, 0) is 0 Å². The van der Waals surface area contributed by atoms with Gasteiger partial charge in [-0.15, -0.1) is 0 Å². The van der Waals surface area contributed by atoms with Crippen LogP contribution in [0.1, 0.15) is 20.7 Å². The third-order valence-electron chi connectivity index (χ3n) is 3.35. The van der Waals surface area contributed by atoms with Gasteiger partial charge in [-0.05, 0) is 12.2 Å². The summed E-state index contributed by atoms with van der Waals surface area (Å²) in [4.78, 5) is 24.3. The molecule has 0 heterocycles. The van der Waals surface area contributed by atoms with Gasteiger partial charge in [-0.3, -0.25) is 9.59 Å². The molecule has 0 radical (unpaired) electrons. The number of hydrogen-bond donors (Lipinski definition) is 0. The Balaban J connectivity index is 2.24. The van der Waals surface area contributed by atoms with E-state index in [0.717, 1.165) is 12.2 Å². The summed E-state index contributed by atoms with van der Waals surface area (Å²) in [5.41, 5.74) is 0.337. The van der Waals surface area contributed by atoms with Crippen molar-refractivity contribution in [3.05, 3.63) is 59.2 Å². The molecule has 18 heavy (non-hydrogen) atoms. The second-order valence-corrected chi connectivity index (χ2v) is 4.33. The largest absolute Gasteiger partial charge is 0.293 e. The summed E-state index contributed by atoms with van der Waals surface area (Å²) >= 11 is 0. The monoisotopic (exact) mass is 246 g/mol. The number of Topliss-reactive ketones (excluding diaryl/α,β-unsaturated/α-hetero) is 2. The molecule has 0 aliphatic heterocycles. The summed E-state index contributed by atoms with van der Waals surface area (Å²) < 4.78 is 27.4. The fourth-order valence-electron chi connectivity index (χ4n) is 2.49. The van der Waals surface area contributed by atoms with E-state index >= 15 is 0 Å². The quantitative estimate of drug-likeness (QED) is 0.705. The smallest absolute Gasteiger partial charge is 0.174 e. The lowest BCUT2D eigenvalue weighted by Crippen LogP contribution is -2.38. The fraction of sp³-hybridized carbons (Fsp3) is 0.143. The van der Waals surface area contributed by atoms with Gasteiger partial charge >= 0.3 is 0 Å². The van der Waals surface area contributed by atoms with Crippen molar-refractivity contribution in [2.75, 3.05) is 0 Å². The van der Waals surface area contributed by atoms with Gasteiger partial charge in [-0.2, -0.15) is 0 Å². The van der Waals surface area contributed by atoms with E-state index in [1.807, 2.05) is 0 Å². The molecular weight excluding hydrogens is 238 g/mol. The number of allylic oxidation sites excluding steroid dienone is 4. The summed E-state index contributed by atoms with van der Waals surface area (Å²) in [6, 6.07) is 6.13. The first-order valence-corrected chi connectivity index (χ1v) is 5.51. The van der Waals surface area contributed by atoms with Crippen LogP contribution in [0.4, 0.5) is 8.78 Å². The number of carbonyl (C=O) groups excluding carboxylic acids is 2. The molecule has 1 aromatic carbocycles. The number of carbonyl (C=O) groups is 2. The molecule has 0 N–H and O–H groups in total. The highest BCUT2D eigenvalue weighted by atomic mass is 19.1. The highest BCUT2D eigenvalue weighted by Crippen LogP contribution is 2.41. The van der Waals surface area contributed by atoms with Gasteiger partial charge in [0.2, 0.25) is 0 Å². The molecule has 0 saturated heterocycles. The molecule has 2 unspecified atom stereocenters. The normalized spacial score (nSPS) is 26.1. The predicted molar refractivity (Wildman–Crippen MR) is 60.5 cm³/mol. The van der Waals surface area contributed by atoms with Gasteiger partial charge in [0.05, 0.1) is 11.8 Å². The maximum atomic E-state index is 13.7. The lowest BCUT2D eigenvalue weighted by atomic mass is 9.71. The zero-order valence-corrected chi connectivity index (χ0v) is 9.19. The minimum atomic E-state index is -1.34. The Labute approximate surface area is 102 Å². The van der Waals surface area contributed by atoms with Gasteiger partial charge in [0.1, 0.15) is 11.7 Å². The Morgan fingerprint density at radius 3 is 1.56 bits per heavy atom. The van der Waals surface area contributed by atoms with Crippen molar-refractivity contribution in [2.45, 2.75) is 0 Å². The molecule has 2 aliphatic rings. The summed E-state index contributed by atoms with van der Waals surface area (Å²) in [5.74, 6) is -5.25. The Morgan fingerprint density at radius 1 is 0.778 bits per heavy atom. The van der Waals surface area contributed by atoms with E-state index in [4.69, 9.17) is 0 Å². The molecule has 0 spiro atoms. The van der Waals surface area contributed by atoms with Crippen LogP contribution in [0.5, 0.6) is 0 Å². The summed E-state index contributed by atoms with van der Waals surface area (Å²) in [6.07, 6.45) is 1.82. The lowest BCUT2D eigenvalue weighted by Gasteiger charge is -2.30. The molecule has 2 aliphatic carbocycles. The van der Waals surface area contributed by atoms with Crippen molar-refractivity contribution in [3.8, 4) is 0 Å². The summed E-state index contributed by atoms with van der Waals surface area (Å²) in [5, 5.41) is 0. The van der Waals surface area contributed by atoms with Crippen LogP contribution >= 0.6 is 0 Å². The van der Waals surface area contributed by atoms with Gasteiger partial charge in [-0.25, -0.2) is 8.78 Å². The van der Waals surface area contributed by atoms with Crippen molar-refractivity contribution >= 4 is 11.6 Å². The third kappa shape index (κ3) is 1.32. The Bertz CT molecular complexity index is 573. The zero-order valence-electron chi connectivity index (χ0n) is 9.19. The average molecular weight is 246 g/mol. The molecule has 0 saturated carbocycles. The molecule has 2 atom stereocenters. The molecule has 4 heteroatoms. The number of ketones is 2. The van der Waals surface area contributed by atoms with E-state index < -0.39 is 35.1 Å². The van der Waals surface area contributed by atoms with Gasteiger partial charge in [0.15, 0.2) is 11.6 Å². The molecule has 1 aromatic rings. The summed E-state index contributed by atoms with van der Waals surface area (Å²) in [6.45, 7) is 0. The minimum Gasteiger partial charge on any atom is -0.293 e. The first kappa shape index (κ1) is 11.0. The van der Waals surface area contributed by atoms with Crippen molar-refractivity contribution in [1.29, 1.82) is 0 Å². The number of hydrogen-bond acceptors (Lipinski definition) is 2. The van der Waals surface area contributed by atoms with Crippen molar-refractivity contribution in [3.63, 3.8) is 0 Å². The van der Waals surface area contributed by atoms with Crippen LogP contribution < -0.4 is 0 Å². The van der Waals surface area contributed by atoms with Gasteiger partial charge in [0, 0.05) is 11.1 Å². The topological polar surface area (TPSA) is 34.1 Å². The molecule has 0 fully saturated rings. The van der Waals surface area contributed by atoms with Gasteiger partial charge in [-0.1, -0.05) is 24.3 Å². The summed E-state index contributed by atoms with van der Waals surface area (Å²) in [7, 11) is 0. The third-order valence-corrected chi connectivity index (χ3v) is 3.35. The molecule has 0 bridgehead atoms. The van der Waals surface area contributed by atoms with E-state index in [9.17, 15) is 18.4 Å². The molecule has 3 rings (SSSR count). The lowest BCUT2D eigenvalue weighted by molar-refractivity contribution is 0.0750. The van der Waals surface area contributed by atoms with Crippen molar-refractivity contribution in [2.24, 2.45) is 11.8 Å². The molecule has 90 valence electrons. The minimum absolute atomic E-state index is 0.169. The average Bonchev–Trinajstić information content (AvgIpc) is 2.38. The van der Waals surface area contributed by atoms with E-state index in [1.54, 1.807) is 12.1 Å². The SMILES string of the molecule is O=C1c2ccccc2C(=O)C2C(F)=CC=C(F)C12. The first-order valence-electron chi connectivity index (χ1n) is 5.51. The van der Waals surface area contributed by atoms with Crippen LogP contribution in [0.25, 0.3) is 0 Å². The highest BCUT2D eigenvalue weighted by molar-refractivity contribution is 6.17. The number of halogens is 2. The second-order valence-electron chi connectivity index (χ2n) is 4.33. The van der Waals surface area contributed by atoms with Crippen LogP contribution in [-0.4, -0.2) is 11.6 Å². The van der Waals surface area contributed by atoms with Crippen LogP contribution in [0, 0.1) is 11.8 Å². The van der Waals surface area contributed by atoms with E-state index in [0.29, 0.717) is 0 Å². The fourth-order valence-corrected chi connectivity index (χ4v) is 2.49. The molecular formula is C14H8F2O2. The second kappa shape index (κ2) is 3.70. The van der Waals surface area contributed by atoms with E-state index in [2.05, 4.69) is 0 Å². The Morgan fingerprint density at radius 2 is 1.17 bits per heavy atom. The van der Waals surface area contributed by atoms with Crippen LogP contribution in [0.2, 0.25) is 0 Å². The highest BCUT2D eigenvalue weighted by Gasteiger charge is 2.47. The number of fused-ring (bicyclic) bond motifs is 2. The van der Waals surface area contributed by atoms with Crippen molar-refractivity contribution in [1.82, 2.24) is 0 Å². The first-order chi connectivity index (χ1) is 8.61. The van der Waals surface area contributed by atoms with Gasteiger partial charge in [0.25, 0.3) is 0 Å². The Kier molecular flexibility index (Phi) is 2.26. The molecule has 0 aromatic heterocycles. The van der Waals surface area contributed by atoms with E-state index in [-0.39, 0.29) is 11.1 Å². The van der Waals surface area contributed by atoms with Crippen molar-refractivity contribution < 1.29 is 18.4 Å². The van der Waals surface area contributed by atoms with E-state index in [1.165, 1.54) is 12.1 Å². The number of rotatable bonds is 0. The standard InChI is InChI=1S/C14H8F2O2/c15-9-5-6-10(16)12-11(9)13(17)7-3-1-2-4-8(7)14(12)18/h1-6,11-12H. The predicted octanol–water partition coefficient (Wildman–Crippen LogP) is 3.02. The maximum Gasteiger partial charge on any atom is 0.174 e. The van der Waals surface area contributed by atoms with Crippen LogP contribution in [0.3, 0.4) is 0 Å². The molecule has 2 nitrogen and oxygen atoms in total.